The quantitative estimate of drug-likeness (QED) is 0.771. The minimum atomic E-state index is -0.135. The first kappa shape index (κ1) is 12.8. The van der Waals surface area contributed by atoms with Gasteiger partial charge in [0, 0.05) is 20.6 Å². The van der Waals surface area contributed by atoms with Crippen molar-refractivity contribution in [1.29, 1.82) is 0 Å². The second-order valence-electron chi connectivity index (χ2n) is 4.57. The number of aromatic nitrogens is 3. The van der Waals surface area contributed by atoms with Gasteiger partial charge in [-0.2, -0.15) is 15.0 Å². The summed E-state index contributed by atoms with van der Waals surface area (Å²) in [4.78, 5) is 14.5. The standard InChI is InChI=1S/C11H19N5O2/c1-12-9-13-10(15-11(14-9)18-3)16(2)6-7-4-8(17)5-7/h7-8,17H,4-6H2,1-3H3,(H,12,13,14,15). The zero-order valence-electron chi connectivity index (χ0n) is 10.9. The molecule has 1 fully saturated rings. The number of hydrogen-bond donors (Lipinski definition) is 2. The molecule has 0 radical (unpaired) electrons. The van der Waals surface area contributed by atoms with Gasteiger partial charge in [0.25, 0.3) is 0 Å². The number of hydrogen-bond acceptors (Lipinski definition) is 7. The number of methoxy groups -OCH3 is 1. The summed E-state index contributed by atoms with van der Waals surface area (Å²) < 4.78 is 5.04. The maximum absolute atomic E-state index is 9.28. The Hall–Kier alpha value is -1.63. The Morgan fingerprint density at radius 1 is 1.39 bits per heavy atom. The lowest BCUT2D eigenvalue weighted by atomic mass is 9.82. The molecule has 0 bridgehead atoms. The third-order valence-corrected chi connectivity index (χ3v) is 3.09. The molecule has 1 aliphatic rings. The lowest BCUT2D eigenvalue weighted by Gasteiger charge is -2.34. The van der Waals surface area contributed by atoms with Crippen molar-refractivity contribution in [3.05, 3.63) is 0 Å². The van der Waals surface area contributed by atoms with E-state index in [2.05, 4.69) is 20.3 Å². The van der Waals surface area contributed by atoms with Gasteiger partial charge in [-0.25, -0.2) is 0 Å². The summed E-state index contributed by atoms with van der Waals surface area (Å²) >= 11 is 0. The molecule has 1 aromatic rings. The Balaban J connectivity index is 2.06. The highest BCUT2D eigenvalue weighted by molar-refractivity contribution is 5.37. The van der Waals surface area contributed by atoms with Crippen LogP contribution >= 0.6 is 0 Å². The second kappa shape index (κ2) is 5.34. The van der Waals surface area contributed by atoms with E-state index in [9.17, 15) is 5.11 Å². The van der Waals surface area contributed by atoms with Crippen LogP contribution in [0.25, 0.3) is 0 Å². The van der Waals surface area contributed by atoms with Crippen molar-refractivity contribution in [3.63, 3.8) is 0 Å². The maximum atomic E-state index is 9.28. The molecule has 0 spiro atoms. The van der Waals surface area contributed by atoms with Gasteiger partial charge in [-0.1, -0.05) is 0 Å². The predicted molar refractivity (Wildman–Crippen MR) is 67.9 cm³/mol. The molecule has 7 nitrogen and oxygen atoms in total. The number of aliphatic hydroxyl groups excluding tert-OH is 1. The van der Waals surface area contributed by atoms with Crippen molar-refractivity contribution in [2.75, 3.05) is 38.0 Å². The molecule has 0 atom stereocenters. The summed E-state index contributed by atoms with van der Waals surface area (Å²) in [6.07, 6.45) is 1.57. The average Bonchev–Trinajstić information content (AvgIpc) is 2.36. The fourth-order valence-corrected chi connectivity index (χ4v) is 2.04. The Kier molecular flexibility index (Phi) is 3.81. The van der Waals surface area contributed by atoms with E-state index in [1.54, 1.807) is 7.05 Å². The molecule has 100 valence electrons. The molecular weight excluding hydrogens is 234 g/mol. The predicted octanol–water partition coefficient (Wildman–Crippen LogP) is 0.129. The van der Waals surface area contributed by atoms with Crippen molar-refractivity contribution >= 4 is 11.9 Å². The summed E-state index contributed by atoms with van der Waals surface area (Å²) in [5.41, 5.74) is 0. The normalized spacial score (nSPS) is 22.2. The lowest BCUT2D eigenvalue weighted by molar-refractivity contribution is 0.0463. The van der Waals surface area contributed by atoms with E-state index in [4.69, 9.17) is 4.74 Å². The first-order valence-corrected chi connectivity index (χ1v) is 5.99. The summed E-state index contributed by atoms with van der Waals surface area (Å²) in [6, 6.07) is 0.296. The number of ether oxygens (including phenoxy) is 1. The van der Waals surface area contributed by atoms with Crippen molar-refractivity contribution in [1.82, 2.24) is 15.0 Å². The van der Waals surface area contributed by atoms with Crippen LogP contribution in [0.5, 0.6) is 6.01 Å². The van der Waals surface area contributed by atoms with Gasteiger partial charge in [-0.05, 0) is 18.8 Å². The number of nitrogens with zero attached hydrogens (tertiary/aromatic N) is 4. The van der Waals surface area contributed by atoms with E-state index in [1.807, 2.05) is 11.9 Å². The second-order valence-corrected chi connectivity index (χ2v) is 4.57. The lowest BCUT2D eigenvalue weighted by Crippen LogP contribution is -2.37. The maximum Gasteiger partial charge on any atom is 0.322 e. The minimum Gasteiger partial charge on any atom is -0.467 e. The monoisotopic (exact) mass is 253 g/mol. The van der Waals surface area contributed by atoms with Gasteiger partial charge in [-0.15, -0.1) is 0 Å². The Bertz CT molecular complexity index is 386. The molecule has 2 rings (SSSR count). The zero-order chi connectivity index (χ0) is 13.1. The van der Waals surface area contributed by atoms with E-state index >= 15 is 0 Å². The van der Waals surface area contributed by atoms with Crippen LogP contribution in [0.1, 0.15) is 12.8 Å². The fourth-order valence-electron chi connectivity index (χ4n) is 2.04. The number of anilines is 2. The van der Waals surface area contributed by atoms with Crippen molar-refractivity contribution in [2.24, 2.45) is 5.92 Å². The van der Waals surface area contributed by atoms with Gasteiger partial charge in [0.2, 0.25) is 11.9 Å². The van der Waals surface area contributed by atoms with Gasteiger partial charge < -0.3 is 20.1 Å². The van der Waals surface area contributed by atoms with Gasteiger partial charge in [0.1, 0.15) is 0 Å². The number of aliphatic hydroxyl groups is 1. The molecule has 0 unspecified atom stereocenters. The SMILES string of the molecule is CNc1nc(OC)nc(N(C)CC2CC(O)C2)n1. The van der Waals surface area contributed by atoms with E-state index < -0.39 is 0 Å². The molecular formula is C11H19N5O2. The third kappa shape index (κ3) is 2.79. The van der Waals surface area contributed by atoms with Gasteiger partial charge in [0.15, 0.2) is 0 Å². The first-order chi connectivity index (χ1) is 8.62. The summed E-state index contributed by atoms with van der Waals surface area (Å²) in [5.74, 6) is 1.57. The number of rotatable bonds is 5. The molecule has 1 saturated carbocycles. The molecule has 1 aliphatic carbocycles. The minimum absolute atomic E-state index is 0.135. The molecule has 18 heavy (non-hydrogen) atoms. The molecule has 0 aromatic carbocycles. The first-order valence-electron chi connectivity index (χ1n) is 5.99. The van der Waals surface area contributed by atoms with E-state index in [0.717, 1.165) is 19.4 Å². The van der Waals surface area contributed by atoms with Crippen LogP contribution in [0.15, 0.2) is 0 Å². The molecule has 1 heterocycles. The van der Waals surface area contributed by atoms with E-state index in [1.165, 1.54) is 7.11 Å². The summed E-state index contributed by atoms with van der Waals surface area (Å²) in [5, 5.41) is 12.2. The highest BCUT2D eigenvalue weighted by Crippen LogP contribution is 2.28. The molecule has 7 heteroatoms. The Morgan fingerprint density at radius 3 is 2.67 bits per heavy atom. The van der Waals surface area contributed by atoms with Crippen LogP contribution in [0.3, 0.4) is 0 Å². The average molecular weight is 253 g/mol. The topological polar surface area (TPSA) is 83.4 Å². The highest BCUT2D eigenvalue weighted by atomic mass is 16.5. The van der Waals surface area contributed by atoms with Crippen LogP contribution in [-0.2, 0) is 0 Å². The van der Waals surface area contributed by atoms with Gasteiger partial charge in [0.05, 0.1) is 13.2 Å². The Morgan fingerprint density at radius 2 is 2.11 bits per heavy atom. The van der Waals surface area contributed by atoms with Gasteiger partial charge in [-0.3, -0.25) is 0 Å². The van der Waals surface area contributed by atoms with Gasteiger partial charge >= 0.3 is 6.01 Å². The third-order valence-electron chi connectivity index (χ3n) is 3.09. The largest absolute Gasteiger partial charge is 0.467 e. The molecule has 1 aromatic heterocycles. The molecule has 2 N–H and O–H groups in total. The van der Waals surface area contributed by atoms with E-state index in [-0.39, 0.29) is 6.10 Å². The molecule has 0 aliphatic heterocycles. The number of nitrogens with one attached hydrogen (secondary N) is 1. The van der Waals surface area contributed by atoms with Crippen molar-refractivity contribution in [2.45, 2.75) is 18.9 Å². The highest BCUT2D eigenvalue weighted by Gasteiger charge is 2.28. The Labute approximate surface area is 106 Å². The summed E-state index contributed by atoms with van der Waals surface area (Å²) in [6.45, 7) is 0.827. The molecule has 0 amide bonds. The van der Waals surface area contributed by atoms with Crippen molar-refractivity contribution < 1.29 is 9.84 Å². The smallest absolute Gasteiger partial charge is 0.322 e. The summed E-state index contributed by atoms with van der Waals surface area (Å²) in [7, 11) is 5.21. The molecule has 0 saturated heterocycles. The van der Waals surface area contributed by atoms with Crippen LogP contribution < -0.4 is 15.0 Å². The van der Waals surface area contributed by atoms with E-state index in [0.29, 0.717) is 23.8 Å². The van der Waals surface area contributed by atoms with Crippen LogP contribution in [0, 0.1) is 5.92 Å². The fraction of sp³-hybridized carbons (Fsp3) is 0.727. The van der Waals surface area contributed by atoms with Crippen LogP contribution in [0.2, 0.25) is 0 Å². The van der Waals surface area contributed by atoms with Crippen LogP contribution in [0.4, 0.5) is 11.9 Å². The van der Waals surface area contributed by atoms with Crippen molar-refractivity contribution in [3.8, 4) is 6.01 Å². The zero-order valence-corrected chi connectivity index (χ0v) is 10.9. The van der Waals surface area contributed by atoms with Crippen LogP contribution in [-0.4, -0.2) is 53.9 Å².